The second-order valence-electron chi connectivity index (χ2n) is 4.53. The molecule has 7 heteroatoms. The summed E-state index contributed by atoms with van der Waals surface area (Å²) in [4.78, 5) is 11.9. The number of benzene rings is 2. The van der Waals surface area contributed by atoms with E-state index in [1.807, 2.05) is 12.1 Å². The van der Waals surface area contributed by atoms with Crippen molar-refractivity contribution in [1.82, 2.24) is 10.2 Å². The minimum Gasteiger partial charge on any atom is -0.508 e. The van der Waals surface area contributed by atoms with Gasteiger partial charge in [-0.2, -0.15) is 5.11 Å². The Kier molecular flexibility index (Phi) is 3.88. The van der Waals surface area contributed by atoms with Crippen LogP contribution >= 0.6 is 15.9 Å². The number of aromatic amines is 2. The maximum Gasteiger partial charge on any atom is 0.292 e. The van der Waals surface area contributed by atoms with E-state index in [4.69, 9.17) is 0 Å². The molecule has 6 nitrogen and oxygen atoms in total. The van der Waals surface area contributed by atoms with E-state index in [9.17, 15) is 9.90 Å². The molecular weight excluding hydrogens is 348 g/mol. The minimum absolute atomic E-state index is 0.152. The van der Waals surface area contributed by atoms with E-state index in [0.717, 1.165) is 10.0 Å². The Bertz CT molecular complexity index is 864. The Labute approximate surface area is 133 Å². The van der Waals surface area contributed by atoms with Crippen molar-refractivity contribution < 1.29 is 5.11 Å². The van der Waals surface area contributed by atoms with Crippen LogP contribution in [0.2, 0.25) is 0 Å². The second kappa shape index (κ2) is 5.98. The van der Waals surface area contributed by atoms with Gasteiger partial charge in [0.2, 0.25) is 0 Å². The van der Waals surface area contributed by atoms with Crippen molar-refractivity contribution >= 4 is 27.3 Å². The van der Waals surface area contributed by atoms with Gasteiger partial charge in [0.25, 0.3) is 5.56 Å². The highest BCUT2D eigenvalue weighted by atomic mass is 79.9. The van der Waals surface area contributed by atoms with E-state index in [1.165, 1.54) is 12.1 Å². The molecule has 3 N–H and O–H groups in total. The summed E-state index contributed by atoms with van der Waals surface area (Å²) in [6, 6.07) is 13.7. The van der Waals surface area contributed by atoms with Gasteiger partial charge in [-0.1, -0.05) is 15.9 Å². The lowest BCUT2D eigenvalue weighted by Gasteiger charge is -1.99. The van der Waals surface area contributed by atoms with Crippen LogP contribution in [0.4, 0.5) is 11.4 Å². The minimum atomic E-state index is -0.357. The zero-order chi connectivity index (χ0) is 15.5. The van der Waals surface area contributed by atoms with Gasteiger partial charge in [0.15, 0.2) is 5.69 Å². The molecule has 2 aromatic carbocycles. The Morgan fingerprint density at radius 3 is 2.27 bits per heavy atom. The van der Waals surface area contributed by atoms with Gasteiger partial charge in [0.05, 0.1) is 11.4 Å². The fraction of sp³-hybridized carbons (Fsp3) is 0. The van der Waals surface area contributed by atoms with Crippen molar-refractivity contribution in [3.63, 3.8) is 0 Å². The fourth-order valence-corrected chi connectivity index (χ4v) is 2.16. The number of nitrogens with zero attached hydrogens (tertiary/aromatic N) is 2. The van der Waals surface area contributed by atoms with Gasteiger partial charge in [0.1, 0.15) is 5.75 Å². The van der Waals surface area contributed by atoms with Gasteiger partial charge in [-0.3, -0.25) is 15.0 Å². The van der Waals surface area contributed by atoms with Crippen LogP contribution in [0.1, 0.15) is 0 Å². The van der Waals surface area contributed by atoms with Gasteiger partial charge in [-0.05, 0) is 48.5 Å². The van der Waals surface area contributed by atoms with Crippen molar-refractivity contribution in [2.45, 2.75) is 0 Å². The summed E-state index contributed by atoms with van der Waals surface area (Å²) in [5.41, 5.74) is 1.71. The quantitative estimate of drug-likeness (QED) is 0.610. The summed E-state index contributed by atoms with van der Waals surface area (Å²) in [6.07, 6.45) is 0. The molecule has 0 amide bonds. The number of nitrogens with one attached hydrogen (secondary N) is 2. The van der Waals surface area contributed by atoms with Crippen molar-refractivity contribution in [3.05, 3.63) is 63.4 Å². The van der Waals surface area contributed by atoms with Crippen LogP contribution in [-0.4, -0.2) is 15.3 Å². The first-order chi connectivity index (χ1) is 10.6. The number of rotatable bonds is 3. The van der Waals surface area contributed by atoms with Gasteiger partial charge in [0, 0.05) is 10.0 Å². The van der Waals surface area contributed by atoms with Crippen molar-refractivity contribution in [2.75, 3.05) is 0 Å². The highest BCUT2D eigenvalue weighted by Crippen LogP contribution is 2.27. The maximum absolute atomic E-state index is 11.9. The molecule has 3 aromatic rings. The topological polar surface area (TPSA) is 93.6 Å². The predicted molar refractivity (Wildman–Crippen MR) is 86.8 cm³/mol. The number of H-pyrrole nitrogens is 2. The molecule has 110 valence electrons. The van der Waals surface area contributed by atoms with E-state index in [0.29, 0.717) is 11.4 Å². The summed E-state index contributed by atoms with van der Waals surface area (Å²) >= 11 is 3.34. The summed E-state index contributed by atoms with van der Waals surface area (Å²) in [5, 5.41) is 22.7. The van der Waals surface area contributed by atoms with E-state index < -0.39 is 0 Å². The Hall–Kier alpha value is -2.67. The number of hydrogen-bond acceptors (Lipinski definition) is 4. The average Bonchev–Trinajstić information content (AvgIpc) is 2.89. The zero-order valence-corrected chi connectivity index (χ0v) is 12.8. The largest absolute Gasteiger partial charge is 0.508 e. The number of phenols is 1. The molecule has 0 atom stereocenters. The summed E-state index contributed by atoms with van der Waals surface area (Å²) in [7, 11) is 0. The van der Waals surface area contributed by atoms with Crippen LogP contribution in [0.15, 0.2) is 68.0 Å². The van der Waals surface area contributed by atoms with Gasteiger partial charge in [-0.15, -0.1) is 5.11 Å². The van der Waals surface area contributed by atoms with E-state index >= 15 is 0 Å². The van der Waals surface area contributed by atoms with Crippen LogP contribution in [0.3, 0.4) is 0 Å². The molecule has 1 aromatic heterocycles. The standard InChI is InChI=1S/C15H11BrN4O2/c16-10-3-5-11(6-4-10)17-19-14-13(18-20-15(14)22)9-1-7-12(21)8-2-9/h1-8,21H,(H2,18,20,22). The molecule has 3 rings (SSSR count). The zero-order valence-electron chi connectivity index (χ0n) is 11.2. The summed E-state index contributed by atoms with van der Waals surface area (Å²) < 4.78 is 0.940. The van der Waals surface area contributed by atoms with Crippen molar-refractivity contribution in [2.24, 2.45) is 10.2 Å². The smallest absolute Gasteiger partial charge is 0.292 e. The molecule has 0 aliphatic rings. The number of aromatic nitrogens is 2. The highest BCUT2D eigenvalue weighted by molar-refractivity contribution is 9.10. The monoisotopic (exact) mass is 358 g/mol. The average molecular weight is 359 g/mol. The first kappa shape index (κ1) is 14.3. The number of azo groups is 1. The maximum atomic E-state index is 11.9. The third-order valence-electron chi connectivity index (χ3n) is 3.00. The van der Waals surface area contributed by atoms with Crippen LogP contribution < -0.4 is 5.56 Å². The van der Waals surface area contributed by atoms with E-state index in [-0.39, 0.29) is 17.0 Å². The van der Waals surface area contributed by atoms with Crippen LogP contribution in [0.5, 0.6) is 5.75 Å². The predicted octanol–water partition coefficient (Wildman–Crippen LogP) is 4.25. The molecule has 0 aliphatic heterocycles. The molecular formula is C15H11BrN4O2. The first-order valence-corrected chi connectivity index (χ1v) is 7.20. The Morgan fingerprint density at radius 1 is 0.909 bits per heavy atom. The normalized spacial score (nSPS) is 11.1. The van der Waals surface area contributed by atoms with E-state index in [2.05, 4.69) is 36.4 Å². The molecule has 0 aliphatic carbocycles. The van der Waals surface area contributed by atoms with Gasteiger partial charge < -0.3 is 5.11 Å². The molecule has 0 radical (unpaired) electrons. The Balaban J connectivity index is 1.97. The van der Waals surface area contributed by atoms with Crippen LogP contribution in [-0.2, 0) is 0 Å². The first-order valence-electron chi connectivity index (χ1n) is 6.41. The lowest BCUT2D eigenvalue weighted by atomic mass is 10.1. The molecule has 0 saturated carbocycles. The molecule has 1 heterocycles. The van der Waals surface area contributed by atoms with Crippen LogP contribution in [0, 0.1) is 0 Å². The number of hydrogen-bond donors (Lipinski definition) is 3. The highest BCUT2D eigenvalue weighted by Gasteiger charge is 2.11. The number of phenolic OH excluding ortho intramolecular Hbond substituents is 1. The third-order valence-corrected chi connectivity index (χ3v) is 3.53. The molecule has 0 fully saturated rings. The molecule has 0 unspecified atom stereocenters. The Morgan fingerprint density at radius 2 is 1.59 bits per heavy atom. The molecule has 0 spiro atoms. The second-order valence-corrected chi connectivity index (χ2v) is 5.44. The van der Waals surface area contributed by atoms with Crippen molar-refractivity contribution in [3.8, 4) is 17.0 Å². The molecule has 22 heavy (non-hydrogen) atoms. The SMILES string of the molecule is O=c1[nH][nH]c(-c2ccc(O)cc2)c1N=Nc1ccc(Br)cc1. The molecule has 0 saturated heterocycles. The molecule has 0 bridgehead atoms. The summed E-state index contributed by atoms with van der Waals surface area (Å²) in [5.74, 6) is 0.152. The van der Waals surface area contributed by atoms with E-state index in [1.54, 1.807) is 24.3 Å². The number of aromatic hydroxyl groups is 1. The lowest BCUT2D eigenvalue weighted by molar-refractivity contribution is 0.475. The number of halogens is 1. The third kappa shape index (κ3) is 2.99. The van der Waals surface area contributed by atoms with Gasteiger partial charge in [-0.25, -0.2) is 0 Å². The fourth-order valence-electron chi connectivity index (χ4n) is 1.90. The lowest BCUT2D eigenvalue weighted by Crippen LogP contribution is -1.96. The van der Waals surface area contributed by atoms with Gasteiger partial charge >= 0.3 is 0 Å². The van der Waals surface area contributed by atoms with Crippen LogP contribution in [0.25, 0.3) is 11.3 Å². The summed E-state index contributed by atoms with van der Waals surface area (Å²) in [6.45, 7) is 0. The van der Waals surface area contributed by atoms with Crippen molar-refractivity contribution in [1.29, 1.82) is 0 Å².